The summed E-state index contributed by atoms with van der Waals surface area (Å²) in [5.41, 5.74) is 0. The highest BCUT2D eigenvalue weighted by Gasteiger charge is 2.12. The lowest BCUT2D eigenvalue weighted by molar-refractivity contribution is 0.0664. The van der Waals surface area contributed by atoms with Crippen LogP contribution in [-0.2, 0) is 4.74 Å². The maximum atomic E-state index is 5.33. The van der Waals surface area contributed by atoms with Gasteiger partial charge in [0, 0.05) is 13.2 Å². The van der Waals surface area contributed by atoms with Gasteiger partial charge >= 0.3 is 0 Å². The van der Waals surface area contributed by atoms with Crippen LogP contribution in [-0.4, -0.2) is 37.8 Å². The second-order valence-electron chi connectivity index (χ2n) is 3.81. The van der Waals surface area contributed by atoms with Gasteiger partial charge in [-0.25, -0.2) is 0 Å². The van der Waals surface area contributed by atoms with Gasteiger partial charge in [-0.3, -0.25) is 0 Å². The second-order valence-corrected chi connectivity index (χ2v) is 5.20. The zero-order valence-electron chi connectivity index (χ0n) is 9.26. The van der Waals surface area contributed by atoms with Crippen LogP contribution < -0.4 is 5.32 Å². The molecule has 0 spiro atoms. The molecule has 1 rings (SSSR count). The summed E-state index contributed by atoms with van der Waals surface area (Å²) >= 11 is 2.03. The van der Waals surface area contributed by atoms with E-state index in [-0.39, 0.29) is 0 Å². The van der Waals surface area contributed by atoms with Crippen molar-refractivity contribution in [2.75, 3.05) is 37.8 Å². The monoisotopic (exact) mass is 217 g/mol. The highest BCUT2D eigenvalue weighted by Crippen LogP contribution is 2.13. The fourth-order valence-electron chi connectivity index (χ4n) is 1.70. The first-order valence-corrected chi connectivity index (χ1v) is 6.95. The summed E-state index contributed by atoms with van der Waals surface area (Å²) in [5, 5.41) is 3.55. The van der Waals surface area contributed by atoms with E-state index in [2.05, 4.69) is 12.2 Å². The van der Waals surface area contributed by atoms with Crippen molar-refractivity contribution in [3.8, 4) is 0 Å². The third kappa shape index (κ3) is 5.89. The molecule has 1 aliphatic heterocycles. The van der Waals surface area contributed by atoms with E-state index in [1.54, 1.807) is 0 Å². The molecule has 1 aliphatic rings. The van der Waals surface area contributed by atoms with Crippen molar-refractivity contribution < 1.29 is 4.74 Å². The summed E-state index contributed by atoms with van der Waals surface area (Å²) < 4.78 is 5.33. The van der Waals surface area contributed by atoms with E-state index < -0.39 is 0 Å². The van der Waals surface area contributed by atoms with Crippen LogP contribution in [0.1, 0.15) is 26.2 Å². The summed E-state index contributed by atoms with van der Waals surface area (Å²) in [5.74, 6) is 3.42. The first-order chi connectivity index (χ1) is 6.93. The summed E-state index contributed by atoms with van der Waals surface area (Å²) in [4.78, 5) is 0. The molecule has 0 unspecified atom stereocenters. The number of hydrogen-bond donors (Lipinski definition) is 1. The summed E-state index contributed by atoms with van der Waals surface area (Å²) in [6, 6.07) is 0. The van der Waals surface area contributed by atoms with Crippen LogP contribution in [0.4, 0.5) is 0 Å². The Kier molecular flexibility index (Phi) is 7.55. The van der Waals surface area contributed by atoms with Crippen LogP contribution in [0.2, 0.25) is 0 Å². The average molecular weight is 217 g/mol. The fraction of sp³-hybridized carbons (Fsp3) is 1.00. The van der Waals surface area contributed by atoms with Crippen LogP contribution in [0.25, 0.3) is 0 Å². The molecule has 0 aromatic rings. The zero-order chi connectivity index (χ0) is 10.1. The molecular weight excluding hydrogens is 194 g/mol. The Balaban J connectivity index is 1.82. The summed E-state index contributed by atoms with van der Waals surface area (Å²) in [6.07, 6.45) is 3.80. The van der Waals surface area contributed by atoms with Crippen molar-refractivity contribution >= 4 is 11.8 Å². The molecule has 3 heteroatoms. The molecule has 2 nitrogen and oxygen atoms in total. The fourth-order valence-corrected chi connectivity index (χ4v) is 2.34. The molecule has 14 heavy (non-hydrogen) atoms. The molecule has 1 heterocycles. The normalized spacial score (nSPS) is 18.6. The number of ether oxygens (including phenoxy) is 1. The van der Waals surface area contributed by atoms with Crippen molar-refractivity contribution in [3.05, 3.63) is 0 Å². The Labute approximate surface area is 92.2 Å². The van der Waals surface area contributed by atoms with Crippen LogP contribution >= 0.6 is 11.8 Å². The number of thioether (sulfide) groups is 1. The van der Waals surface area contributed by atoms with E-state index in [4.69, 9.17) is 4.74 Å². The first-order valence-electron chi connectivity index (χ1n) is 5.79. The molecule has 0 bridgehead atoms. The predicted molar refractivity (Wildman–Crippen MR) is 64.0 cm³/mol. The van der Waals surface area contributed by atoms with Gasteiger partial charge in [0.05, 0.1) is 0 Å². The number of hydrogen-bond acceptors (Lipinski definition) is 3. The lowest BCUT2D eigenvalue weighted by Gasteiger charge is -2.22. The van der Waals surface area contributed by atoms with Crippen molar-refractivity contribution in [2.45, 2.75) is 26.2 Å². The predicted octanol–water partition coefficient (Wildman–Crippen LogP) is 2.15. The number of nitrogens with one attached hydrogen (secondary N) is 1. The molecule has 0 amide bonds. The average Bonchev–Trinajstić information content (AvgIpc) is 2.25. The Morgan fingerprint density at radius 1 is 1.36 bits per heavy atom. The minimum atomic E-state index is 0.863. The van der Waals surface area contributed by atoms with E-state index in [1.807, 2.05) is 11.8 Å². The van der Waals surface area contributed by atoms with E-state index in [0.29, 0.717) is 0 Å². The van der Waals surface area contributed by atoms with E-state index in [9.17, 15) is 0 Å². The van der Waals surface area contributed by atoms with Gasteiger partial charge in [0.2, 0.25) is 0 Å². The Morgan fingerprint density at radius 2 is 2.14 bits per heavy atom. The molecule has 0 aromatic carbocycles. The van der Waals surface area contributed by atoms with Gasteiger partial charge in [0.25, 0.3) is 0 Å². The number of rotatable bonds is 7. The van der Waals surface area contributed by atoms with Gasteiger partial charge < -0.3 is 10.1 Å². The van der Waals surface area contributed by atoms with Gasteiger partial charge in [-0.1, -0.05) is 6.92 Å². The molecule has 84 valence electrons. The maximum Gasteiger partial charge on any atom is 0.0469 e. The Bertz CT molecular complexity index is 126. The molecule has 0 saturated carbocycles. The lowest BCUT2D eigenvalue weighted by Crippen LogP contribution is -2.28. The molecule has 0 aromatic heterocycles. The smallest absolute Gasteiger partial charge is 0.0469 e. The highest BCUT2D eigenvalue weighted by atomic mass is 32.2. The van der Waals surface area contributed by atoms with E-state index >= 15 is 0 Å². The van der Waals surface area contributed by atoms with Gasteiger partial charge in [-0.15, -0.1) is 0 Å². The molecular formula is C11H23NOS. The van der Waals surface area contributed by atoms with Crippen molar-refractivity contribution in [1.29, 1.82) is 0 Å². The molecule has 0 atom stereocenters. The van der Waals surface area contributed by atoms with Crippen molar-refractivity contribution in [3.63, 3.8) is 0 Å². The van der Waals surface area contributed by atoms with Gasteiger partial charge in [0.1, 0.15) is 0 Å². The third-order valence-electron chi connectivity index (χ3n) is 2.62. The molecule has 1 fully saturated rings. The molecule has 0 radical (unpaired) electrons. The van der Waals surface area contributed by atoms with Crippen LogP contribution in [0.5, 0.6) is 0 Å². The van der Waals surface area contributed by atoms with Gasteiger partial charge in [-0.05, 0) is 49.8 Å². The maximum absolute atomic E-state index is 5.33. The van der Waals surface area contributed by atoms with Crippen molar-refractivity contribution in [2.24, 2.45) is 5.92 Å². The second kappa shape index (κ2) is 8.57. The van der Waals surface area contributed by atoms with Gasteiger partial charge in [0.15, 0.2) is 0 Å². The molecule has 1 N–H and O–H groups in total. The summed E-state index contributed by atoms with van der Waals surface area (Å²) in [6.45, 7) is 6.54. The Morgan fingerprint density at radius 3 is 2.86 bits per heavy atom. The minimum Gasteiger partial charge on any atom is -0.381 e. The van der Waals surface area contributed by atoms with Crippen LogP contribution in [0.15, 0.2) is 0 Å². The van der Waals surface area contributed by atoms with E-state index in [1.165, 1.54) is 43.9 Å². The zero-order valence-corrected chi connectivity index (χ0v) is 10.1. The summed E-state index contributed by atoms with van der Waals surface area (Å²) in [7, 11) is 0. The Hall–Kier alpha value is 0.270. The lowest BCUT2D eigenvalue weighted by atomic mass is 10.0. The topological polar surface area (TPSA) is 21.3 Å². The third-order valence-corrected chi connectivity index (χ3v) is 3.61. The molecule has 1 saturated heterocycles. The highest BCUT2D eigenvalue weighted by molar-refractivity contribution is 7.99. The standard InChI is InChI=1S/C11H23NOS/c1-2-14-9-3-6-12-10-11-4-7-13-8-5-11/h11-12H,2-10H2,1H3. The minimum absolute atomic E-state index is 0.863. The first kappa shape index (κ1) is 12.3. The van der Waals surface area contributed by atoms with Gasteiger partial charge in [-0.2, -0.15) is 11.8 Å². The quantitative estimate of drug-likeness (QED) is 0.660. The van der Waals surface area contributed by atoms with Crippen LogP contribution in [0.3, 0.4) is 0 Å². The van der Waals surface area contributed by atoms with E-state index in [0.717, 1.165) is 19.1 Å². The molecule has 0 aliphatic carbocycles. The van der Waals surface area contributed by atoms with Crippen LogP contribution in [0, 0.1) is 5.92 Å². The largest absolute Gasteiger partial charge is 0.381 e. The SMILES string of the molecule is CCSCCCNCC1CCOCC1. The van der Waals surface area contributed by atoms with Crippen molar-refractivity contribution in [1.82, 2.24) is 5.32 Å².